The summed E-state index contributed by atoms with van der Waals surface area (Å²) >= 11 is 0. The zero-order chi connectivity index (χ0) is 26.5. The molecule has 3 aromatic carbocycles. The Balaban J connectivity index is 1.45. The minimum Gasteiger partial charge on any atom is -0.497 e. The number of benzene rings is 3. The fraction of sp³-hybridized carbons (Fsp3) is 0.240. The third-order valence-electron chi connectivity index (χ3n) is 5.72. The van der Waals surface area contributed by atoms with E-state index in [0.717, 1.165) is 0 Å². The molecule has 4 rings (SSSR count). The number of hydrogen-bond donors (Lipinski definition) is 2. The number of sulfonamides is 1. The Bertz CT molecular complexity index is 1450. The molecule has 0 radical (unpaired) electrons. The molecule has 0 aromatic heterocycles. The van der Waals surface area contributed by atoms with Crippen molar-refractivity contribution in [3.8, 4) is 5.75 Å². The normalized spacial score (nSPS) is 14.6. The molecule has 2 N–H and O–H groups in total. The van der Waals surface area contributed by atoms with Gasteiger partial charge in [-0.05, 0) is 48.5 Å². The molecule has 1 aliphatic heterocycles. The molecular weight excluding hydrogens is 518 g/mol. The van der Waals surface area contributed by atoms with Crippen molar-refractivity contribution in [3.05, 3.63) is 72.8 Å². The Morgan fingerprint density at radius 1 is 0.919 bits per heavy atom. The molecule has 37 heavy (non-hydrogen) atoms. The second-order valence-corrected chi connectivity index (χ2v) is 12.0. The second-order valence-electron chi connectivity index (χ2n) is 8.12. The number of hydrogen-bond acceptors (Lipinski definition) is 8. The number of nitrogens with one attached hydrogen (secondary N) is 2. The number of morpholine rings is 1. The van der Waals surface area contributed by atoms with Crippen LogP contribution in [-0.4, -0.2) is 67.0 Å². The van der Waals surface area contributed by atoms with E-state index in [9.17, 15) is 21.6 Å². The van der Waals surface area contributed by atoms with E-state index in [1.54, 1.807) is 24.3 Å². The number of carbonyl (C=O) groups is 1. The molecule has 1 aliphatic rings. The van der Waals surface area contributed by atoms with Gasteiger partial charge in [0.15, 0.2) is 0 Å². The largest absolute Gasteiger partial charge is 0.497 e. The summed E-state index contributed by atoms with van der Waals surface area (Å²) in [6, 6.07) is 18.4. The van der Waals surface area contributed by atoms with Crippen LogP contribution in [0.3, 0.4) is 0 Å². The second kappa shape index (κ2) is 11.3. The van der Waals surface area contributed by atoms with Gasteiger partial charge < -0.3 is 20.1 Å². The number of sulfone groups is 1. The molecule has 0 unspecified atom stereocenters. The van der Waals surface area contributed by atoms with Crippen LogP contribution in [0.2, 0.25) is 0 Å². The Kier molecular flexibility index (Phi) is 8.13. The van der Waals surface area contributed by atoms with Crippen molar-refractivity contribution in [2.24, 2.45) is 0 Å². The van der Waals surface area contributed by atoms with Crippen molar-refractivity contribution in [3.63, 3.8) is 0 Å². The van der Waals surface area contributed by atoms with Crippen LogP contribution in [0.5, 0.6) is 5.75 Å². The van der Waals surface area contributed by atoms with Gasteiger partial charge in [0.25, 0.3) is 0 Å². The summed E-state index contributed by atoms with van der Waals surface area (Å²) in [5.41, 5.74) is 0.645. The molecular formula is C25H27N3O7S2. The molecule has 0 saturated carbocycles. The minimum absolute atomic E-state index is 0.0245. The van der Waals surface area contributed by atoms with Crippen molar-refractivity contribution in [1.82, 2.24) is 4.31 Å². The van der Waals surface area contributed by atoms with E-state index in [4.69, 9.17) is 9.47 Å². The summed E-state index contributed by atoms with van der Waals surface area (Å²) in [6.45, 7) is 1.06. The standard InChI is InChI=1S/C25H27N3O7S2/c1-34-20-9-12-23(24(17-20)36(30,31)21-5-3-2-4-6-21)26-18-25(29)27-19-7-10-22(11-8-19)37(32,33)28-13-15-35-16-14-28/h2-12,17,26H,13-16,18H2,1H3,(H,27,29). The average molecular weight is 546 g/mol. The maximum Gasteiger partial charge on any atom is 0.243 e. The molecule has 0 atom stereocenters. The van der Waals surface area contributed by atoms with Gasteiger partial charge in [0.2, 0.25) is 25.8 Å². The van der Waals surface area contributed by atoms with Crippen molar-refractivity contribution in [2.45, 2.75) is 14.7 Å². The lowest BCUT2D eigenvalue weighted by atomic mass is 10.3. The van der Waals surface area contributed by atoms with Crippen molar-refractivity contribution in [1.29, 1.82) is 0 Å². The number of methoxy groups -OCH3 is 1. The summed E-state index contributed by atoms with van der Waals surface area (Å²) in [4.78, 5) is 12.8. The molecule has 0 spiro atoms. The zero-order valence-electron chi connectivity index (χ0n) is 20.1. The Morgan fingerprint density at radius 2 is 1.59 bits per heavy atom. The van der Waals surface area contributed by atoms with Gasteiger partial charge in [0.05, 0.1) is 47.2 Å². The van der Waals surface area contributed by atoms with E-state index in [-0.39, 0.29) is 26.9 Å². The van der Waals surface area contributed by atoms with Crippen molar-refractivity contribution in [2.75, 3.05) is 50.6 Å². The molecule has 3 aromatic rings. The third kappa shape index (κ3) is 6.10. The molecule has 1 saturated heterocycles. The fourth-order valence-corrected chi connectivity index (χ4v) is 6.63. The van der Waals surface area contributed by atoms with Gasteiger partial charge in [-0.15, -0.1) is 0 Å². The monoisotopic (exact) mass is 545 g/mol. The predicted molar refractivity (Wildman–Crippen MR) is 138 cm³/mol. The van der Waals surface area contributed by atoms with Gasteiger partial charge in [-0.25, -0.2) is 16.8 Å². The Morgan fingerprint density at radius 3 is 2.24 bits per heavy atom. The molecule has 0 aliphatic carbocycles. The number of ether oxygens (including phenoxy) is 2. The first-order chi connectivity index (χ1) is 17.7. The van der Waals surface area contributed by atoms with E-state index in [1.165, 1.54) is 59.9 Å². The lowest BCUT2D eigenvalue weighted by Crippen LogP contribution is -2.40. The van der Waals surface area contributed by atoms with Gasteiger partial charge in [0, 0.05) is 24.8 Å². The summed E-state index contributed by atoms with van der Waals surface area (Å²) in [5, 5.41) is 5.56. The first kappa shape index (κ1) is 26.6. The maximum absolute atomic E-state index is 13.2. The van der Waals surface area contributed by atoms with Crippen molar-refractivity contribution < 1.29 is 31.1 Å². The van der Waals surface area contributed by atoms with Gasteiger partial charge >= 0.3 is 0 Å². The predicted octanol–water partition coefficient (Wildman–Crippen LogP) is 2.60. The van der Waals surface area contributed by atoms with Gasteiger partial charge in [-0.1, -0.05) is 18.2 Å². The number of amides is 1. The van der Waals surface area contributed by atoms with Crippen LogP contribution < -0.4 is 15.4 Å². The first-order valence-corrected chi connectivity index (χ1v) is 14.3. The molecule has 196 valence electrons. The van der Waals surface area contributed by atoms with E-state index in [1.807, 2.05) is 0 Å². The van der Waals surface area contributed by atoms with Gasteiger partial charge in [-0.3, -0.25) is 4.79 Å². The van der Waals surface area contributed by atoms with E-state index in [2.05, 4.69) is 10.6 Å². The smallest absolute Gasteiger partial charge is 0.243 e. The molecule has 1 amide bonds. The van der Waals surface area contributed by atoms with Crippen LogP contribution in [0.25, 0.3) is 0 Å². The third-order valence-corrected chi connectivity index (χ3v) is 9.44. The molecule has 10 nitrogen and oxygen atoms in total. The minimum atomic E-state index is -3.88. The SMILES string of the molecule is COc1ccc(NCC(=O)Nc2ccc(S(=O)(=O)N3CCOCC3)cc2)c(S(=O)(=O)c2ccccc2)c1. The fourth-order valence-electron chi connectivity index (χ4n) is 3.75. The Hall–Kier alpha value is -3.45. The van der Waals surface area contributed by atoms with Gasteiger partial charge in [0.1, 0.15) is 5.75 Å². The van der Waals surface area contributed by atoms with E-state index in [0.29, 0.717) is 37.7 Å². The topological polar surface area (TPSA) is 131 Å². The van der Waals surface area contributed by atoms with Crippen molar-refractivity contribution >= 4 is 37.1 Å². The van der Waals surface area contributed by atoms with E-state index >= 15 is 0 Å². The average Bonchev–Trinajstić information content (AvgIpc) is 2.93. The highest BCUT2D eigenvalue weighted by atomic mass is 32.2. The number of nitrogens with zero attached hydrogens (tertiary/aromatic N) is 1. The van der Waals surface area contributed by atoms with Crippen LogP contribution in [-0.2, 0) is 29.4 Å². The summed E-state index contributed by atoms with van der Waals surface area (Å²) in [7, 11) is -6.08. The molecule has 1 heterocycles. The molecule has 0 bridgehead atoms. The highest BCUT2D eigenvalue weighted by molar-refractivity contribution is 7.91. The van der Waals surface area contributed by atoms with Crippen LogP contribution >= 0.6 is 0 Å². The quantitative estimate of drug-likeness (QED) is 0.420. The number of rotatable bonds is 9. The highest BCUT2D eigenvalue weighted by Crippen LogP contribution is 2.31. The van der Waals surface area contributed by atoms with Crippen LogP contribution in [0, 0.1) is 0 Å². The van der Waals surface area contributed by atoms with E-state index < -0.39 is 25.8 Å². The van der Waals surface area contributed by atoms with Crippen LogP contribution in [0.4, 0.5) is 11.4 Å². The summed E-state index contributed by atoms with van der Waals surface area (Å²) in [6.07, 6.45) is 0. The first-order valence-electron chi connectivity index (χ1n) is 11.4. The lowest BCUT2D eigenvalue weighted by Gasteiger charge is -2.26. The molecule has 12 heteroatoms. The number of anilines is 2. The van der Waals surface area contributed by atoms with Gasteiger partial charge in [-0.2, -0.15) is 4.31 Å². The van der Waals surface area contributed by atoms with Crippen LogP contribution in [0.1, 0.15) is 0 Å². The molecule has 1 fully saturated rings. The summed E-state index contributed by atoms with van der Waals surface area (Å²) < 4.78 is 63.7. The highest BCUT2D eigenvalue weighted by Gasteiger charge is 2.26. The maximum atomic E-state index is 13.2. The zero-order valence-corrected chi connectivity index (χ0v) is 21.7. The summed E-state index contributed by atoms with van der Waals surface area (Å²) in [5.74, 6) is -0.0840. The Labute approximate surface area is 216 Å². The number of carbonyl (C=O) groups excluding carboxylic acids is 1. The van der Waals surface area contributed by atoms with Crippen LogP contribution in [0.15, 0.2) is 87.5 Å². The lowest BCUT2D eigenvalue weighted by molar-refractivity contribution is -0.114.